The highest BCUT2D eigenvalue weighted by molar-refractivity contribution is 6.30. The second-order valence-corrected chi connectivity index (χ2v) is 4.78. The van der Waals surface area contributed by atoms with Crippen molar-refractivity contribution in [1.29, 1.82) is 0 Å². The lowest BCUT2D eigenvalue weighted by atomic mass is 10.1. The minimum Gasteiger partial charge on any atom is -0.372 e. The SMILES string of the molecule is CO[C@H](CCc1cccc(Cl)c1)C(=O)NC/C=C/CN. The predicted molar refractivity (Wildman–Crippen MR) is 81.8 cm³/mol. The summed E-state index contributed by atoms with van der Waals surface area (Å²) < 4.78 is 5.23. The van der Waals surface area contributed by atoms with Gasteiger partial charge in [-0.3, -0.25) is 4.79 Å². The normalized spacial score (nSPS) is 12.6. The van der Waals surface area contributed by atoms with E-state index in [2.05, 4.69) is 5.32 Å². The number of methoxy groups -OCH3 is 1. The van der Waals surface area contributed by atoms with Gasteiger partial charge in [0.2, 0.25) is 5.91 Å². The summed E-state index contributed by atoms with van der Waals surface area (Å²) >= 11 is 5.93. The summed E-state index contributed by atoms with van der Waals surface area (Å²) in [6.45, 7) is 0.936. The fourth-order valence-corrected chi connectivity index (χ4v) is 2.01. The van der Waals surface area contributed by atoms with E-state index in [4.69, 9.17) is 22.1 Å². The van der Waals surface area contributed by atoms with Crippen molar-refractivity contribution in [3.05, 3.63) is 47.0 Å². The first-order valence-corrected chi connectivity index (χ1v) is 6.95. The monoisotopic (exact) mass is 296 g/mol. The van der Waals surface area contributed by atoms with E-state index in [9.17, 15) is 4.79 Å². The van der Waals surface area contributed by atoms with Gasteiger partial charge in [-0.15, -0.1) is 0 Å². The molecule has 0 heterocycles. The zero-order chi connectivity index (χ0) is 14.8. The fraction of sp³-hybridized carbons (Fsp3) is 0.400. The van der Waals surface area contributed by atoms with Crippen molar-refractivity contribution in [2.75, 3.05) is 20.2 Å². The van der Waals surface area contributed by atoms with Crippen molar-refractivity contribution >= 4 is 17.5 Å². The third kappa shape index (κ3) is 6.19. The van der Waals surface area contributed by atoms with E-state index in [-0.39, 0.29) is 5.91 Å². The Kier molecular flexibility index (Phi) is 7.95. The highest BCUT2D eigenvalue weighted by Gasteiger charge is 2.16. The molecule has 0 radical (unpaired) electrons. The first-order valence-electron chi connectivity index (χ1n) is 6.57. The zero-order valence-electron chi connectivity index (χ0n) is 11.6. The summed E-state index contributed by atoms with van der Waals surface area (Å²) in [5, 5.41) is 3.49. The van der Waals surface area contributed by atoms with Gasteiger partial charge in [-0.05, 0) is 30.5 Å². The molecule has 0 saturated carbocycles. The van der Waals surface area contributed by atoms with Crippen molar-refractivity contribution in [3.63, 3.8) is 0 Å². The number of nitrogens with one attached hydrogen (secondary N) is 1. The van der Waals surface area contributed by atoms with E-state index in [1.165, 1.54) is 7.11 Å². The van der Waals surface area contributed by atoms with Gasteiger partial charge in [0.25, 0.3) is 0 Å². The van der Waals surface area contributed by atoms with Gasteiger partial charge in [-0.2, -0.15) is 0 Å². The van der Waals surface area contributed by atoms with Crippen LogP contribution in [0.1, 0.15) is 12.0 Å². The van der Waals surface area contributed by atoms with Crippen LogP contribution in [0.5, 0.6) is 0 Å². The molecule has 1 aromatic rings. The number of benzene rings is 1. The van der Waals surface area contributed by atoms with E-state index >= 15 is 0 Å². The summed E-state index contributed by atoms with van der Waals surface area (Å²) in [6.07, 6.45) is 4.52. The first kappa shape index (κ1) is 16.7. The maximum absolute atomic E-state index is 11.9. The summed E-state index contributed by atoms with van der Waals surface area (Å²) in [5.74, 6) is -0.115. The molecule has 1 aromatic carbocycles. The molecule has 1 amide bonds. The van der Waals surface area contributed by atoms with Crippen molar-refractivity contribution in [2.24, 2.45) is 5.73 Å². The lowest BCUT2D eigenvalue weighted by Crippen LogP contribution is -2.36. The minimum absolute atomic E-state index is 0.115. The lowest BCUT2D eigenvalue weighted by Gasteiger charge is -2.14. The average Bonchev–Trinajstić information content (AvgIpc) is 2.44. The molecule has 0 aliphatic rings. The molecular weight excluding hydrogens is 276 g/mol. The van der Waals surface area contributed by atoms with Crippen molar-refractivity contribution < 1.29 is 9.53 Å². The van der Waals surface area contributed by atoms with Gasteiger partial charge >= 0.3 is 0 Å². The molecule has 0 fully saturated rings. The minimum atomic E-state index is -0.458. The molecule has 20 heavy (non-hydrogen) atoms. The Hall–Kier alpha value is -1.36. The summed E-state index contributed by atoms with van der Waals surface area (Å²) in [7, 11) is 1.54. The van der Waals surface area contributed by atoms with Crippen LogP contribution in [0.4, 0.5) is 0 Å². The molecule has 1 rings (SSSR count). The molecule has 5 heteroatoms. The Morgan fingerprint density at radius 3 is 2.95 bits per heavy atom. The third-order valence-corrected chi connectivity index (χ3v) is 3.09. The standard InChI is InChI=1S/C15H21ClN2O2/c1-20-14(15(19)18-10-3-2-9-17)8-7-12-5-4-6-13(16)11-12/h2-6,11,14H,7-10,17H2,1H3,(H,18,19)/b3-2+/t14-/m1/s1. The van der Waals surface area contributed by atoms with E-state index in [0.717, 1.165) is 12.0 Å². The number of nitrogens with two attached hydrogens (primary N) is 1. The van der Waals surface area contributed by atoms with E-state index in [1.807, 2.05) is 30.3 Å². The average molecular weight is 297 g/mol. The van der Waals surface area contributed by atoms with Crippen LogP contribution in [-0.2, 0) is 16.0 Å². The lowest BCUT2D eigenvalue weighted by molar-refractivity contribution is -0.131. The Labute approximate surface area is 124 Å². The first-order chi connectivity index (χ1) is 9.67. The number of amides is 1. The molecular formula is C15H21ClN2O2. The van der Waals surface area contributed by atoms with Crippen LogP contribution in [0.25, 0.3) is 0 Å². The molecule has 1 atom stereocenters. The van der Waals surface area contributed by atoms with Crippen molar-refractivity contribution in [1.82, 2.24) is 5.32 Å². The van der Waals surface area contributed by atoms with Gasteiger partial charge < -0.3 is 15.8 Å². The second kappa shape index (κ2) is 9.53. The molecule has 0 aliphatic heterocycles. The van der Waals surface area contributed by atoms with Crippen LogP contribution in [-0.4, -0.2) is 32.2 Å². The molecule has 0 unspecified atom stereocenters. The predicted octanol–water partition coefficient (Wildman–Crippen LogP) is 1.92. The van der Waals surface area contributed by atoms with E-state index < -0.39 is 6.10 Å². The highest BCUT2D eigenvalue weighted by atomic mass is 35.5. The fourth-order valence-electron chi connectivity index (χ4n) is 1.80. The number of aryl methyl sites for hydroxylation is 1. The molecule has 0 aliphatic carbocycles. The molecule has 3 N–H and O–H groups in total. The number of halogens is 1. The van der Waals surface area contributed by atoms with Gasteiger partial charge in [0.1, 0.15) is 6.10 Å². The Morgan fingerprint density at radius 2 is 2.30 bits per heavy atom. The Bertz CT molecular complexity index is 449. The van der Waals surface area contributed by atoms with Gasteiger partial charge in [-0.1, -0.05) is 35.9 Å². The molecule has 0 saturated heterocycles. The quantitative estimate of drug-likeness (QED) is 0.720. The third-order valence-electron chi connectivity index (χ3n) is 2.86. The van der Waals surface area contributed by atoms with Crippen LogP contribution >= 0.6 is 11.6 Å². The largest absolute Gasteiger partial charge is 0.372 e. The maximum atomic E-state index is 11.9. The van der Waals surface area contributed by atoms with E-state index in [0.29, 0.717) is 24.5 Å². The number of carbonyl (C=O) groups excluding carboxylic acids is 1. The van der Waals surface area contributed by atoms with Crippen molar-refractivity contribution in [3.8, 4) is 0 Å². The molecule has 4 nitrogen and oxygen atoms in total. The molecule has 0 spiro atoms. The second-order valence-electron chi connectivity index (χ2n) is 4.35. The highest BCUT2D eigenvalue weighted by Crippen LogP contribution is 2.13. The number of rotatable bonds is 8. The van der Waals surface area contributed by atoms with Crippen LogP contribution in [0.2, 0.25) is 5.02 Å². The number of carbonyl (C=O) groups is 1. The number of hydrogen-bond acceptors (Lipinski definition) is 3. The van der Waals surface area contributed by atoms with Gasteiger partial charge in [-0.25, -0.2) is 0 Å². The van der Waals surface area contributed by atoms with Gasteiger partial charge in [0, 0.05) is 25.2 Å². The van der Waals surface area contributed by atoms with Crippen LogP contribution in [0.15, 0.2) is 36.4 Å². The Balaban J connectivity index is 2.42. The van der Waals surface area contributed by atoms with Crippen LogP contribution in [0, 0.1) is 0 Å². The van der Waals surface area contributed by atoms with Gasteiger partial charge in [0.15, 0.2) is 0 Å². The van der Waals surface area contributed by atoms with Crippen molar-refractivity contribution in [2.45, 2.75) is 18.9 Å². The topological polar surface area (TPSA) is 64.3 Å². The number of ether oxygens (including phenoxy) is 1. The maximum Gasteiger partial charge on any atom is 0.249 e. The van der Waals surface area contributed by atoms with E-state index in [1.54, 1.807) is 6.08 Å². The molecule has 110 valence electrons. The smallest absolute Gasteiger partial charge is 0.249 e. The van der Waals surface area contributed by atoms with Gasteiger partial charge in [0.05, 0.1) is 0 Å². The number of hydrogen-bond donors (Lipinski definition) is 2. The molecule has 0 bridgehead atoms. The summed E-state index contributed by atoms with van der Waals surface area (Å²) in [4.78, 5) is 11.9. The van der Waals surface area contributed by atoms with Crippen LogP contribution in [0.3, 0.4) is 0 Å². The van der Waals surface area contributed by atoms with Crippen LogP contribution < -0.4 is 11.1 Å². The zero-order valence-corrected chi connectivity index (χ0v) is 12.4. The summed E-state index contributed by atoms with van der Waals surface area (Å²) in [6, 6.07) is 7.61. The molecule has 0 aromatic heterocycles. The summed E-state index contributed by atoms with van der Waals surface area (Å²) in [5.41, 5.74) is 6.41. The Morgan fingerprint density at radius 1 is 1.50 bits per heavy atom.